The molecule has 3 fully saturated rings. The number of H-pyrrole nitrogens is 1. The van der Waals surface area contributed by atoms with Crippen LogP contribution in [0.1, 0.15) is 22.5 Å². The molecule has 1 N–H and O–H groups in total. The van der Waals surface area contributed by atoms with Gasteiger partial charge in [-0.1, -0.05) is 0 Å². The van der Waals surface area contributed by atoms with Gasteiger partial charge >= 0.3 is 238 Å². The van der Waals surface area contributed by atoms with Gasteiger partial charge in [-0.2, -0.15) is 0 Å². The molecule has 3 saturated heterocycles. The molecule has 0 saturated carbocycles. The van der Waals surface area contributed by atoms with Crippen LogP contribution >= 0.6 is 0 Å². The van der Waals surface area contributed by atoms with Crippen LogP contribution in [0.15, 0.2) is 67.1 Å². The number of hydrogen-bond acceptors (Lipinski definition) is 9. The third kappa shape index (κ3) is 6.86. The van der Waals surface area contributed by atoms with Gasteiger partial charge < -0.3 is 4.98 Å². The SMILES string of the molecule is N#Cc1cc(-c2ncnc([AsH]c3ccc(N4CCN(C5COC5)CC4)cc3)n2)ccc1OC1CCN(C(=O)c2ccc[nH]2)CC1(F)F. The van der Waals surface area contributed by atoms with Crippen LogP contribution in [0.25, 0.3) is 11.4 Å². The number of piperidine rings is 1. The molecule has 3 aliphatic rings. The molecule has 2 aromatic carbocycles. The first-order valence-electron chi connectivity index (χ1n) is 15.5. The molecule has 242 valence electrons. The minimum atomic E-state index is -3.31. The van der Waals surface area contributed by atoms with Crippen molar-refractivity contribution < 1.29 is 23.0 Å². The Bertz CT molecular complexity index is 1760. The van der Waals surface area contributed by atoms with E-state index in [1.165, 1.54) is 22.4 Å². The molecule has 1 amide bonds. The van der Waals surface area contributed by atoms with Gasteiger partial charge in [0.05, 0.1) is 0 Å². The van der Waals surface area contributed by atoms with Crippen molar-refractivity contribution in [3.05, 3.63) is 78.4 Å². The Balaban J connectivity index is 0.983. The summed E-state index contributed by atoms with van der Waals surface area (Å²) >= 11 is -0.853. The maximum atomic E-state index is 15.1. The topological polar surface area (TPSA) is 124 Å². The van der Waals surface area contributed by atoms with E-state index in [9.17, 15) is 10.1 Å². The molecule has 2 aromatic heterocycles. The predicted octanol–water partition coefficient (Wildman–Crippen LogP) is 1.58. The quantitative estimate of drug-likeness (QED) is 0.273. The van der Waals surface area contributed by atoms with Crippen molar-refractivity contribution in [2.45, 2.75) is 24.5 Å². The molecule has 4 aromatic rings. The second-order valence-electron chi connectivity index (χ2n) is 11.8. The van der Waals surface area contributed by atoms with E-state index in [1.807, 2.05) is 0 Å². The van der Waals surface area contributed by atoms with E-state index in [1.54, 1.807) is 30.5 Å². The summed E-state index contributed by atoms with van der Waals surface area (Å²) in [7, 11) is 0. The molecular weight excluding hydrogens is 669 g/mol. The summed E-state index contributed by atoms with van der Waals surface area (Å²) in [5.74, 6) is -3.35. The van der Waals surface area contributed by atoms with Crippen molar-refractivity contribution >= 4 is 36.3 Å². The van der Waals surface area contributed by atoms with E-state index in [-0.39, 0.29) is 30.0 Å². The molecule has 47 heavy (non-hydrogen) atoms. The molecule has 14 heteroatoms. The molecule has 7 rings (SSSR count). The summed E-state index contributed by atoms with van der Waals surface area (Å²) in [6, 6.07) is 19.1. The van der Waals surface area contributed by atoms with Crippen molar-refractivity contribution in [1.82, 2.24) is 29.7 Å². The average molecular weight is 703 g/mol. The number of aromatic amines is 1. The average Bonchev–Trinajstić information content (AvgIpc) is 3.61. The van der Waals surface area contributed by atoms with Gasteiger partial charge in [0, 0.05) is 6.20 Å². The van der Waals surface area contributed by atoms with E-state index in [4.69, 9.17) is 9.47 Å². The van der Waals surface area contributed by atoms with Crippen LogP contribution in [-0.2, 0) is 4.74 Å². The third-order valence-corrected chi connectivity index (χ3v) is 11.1. The van der Waals surface area contributed by atoms with Gasteiger partial charge in [0.15, 0.2) is 0 Å². The number of carbonyl (C=O) groups is 1. The van der Waals surface area contributed by atoms with Gasteiger partial charge in [0.2, 0.25) is 0 Å². The number of benzene rings is 2. The standard InChI is InChI=1S/C33H33AsF2N8O3/c35-33(36)20-44(31(45)27-2-1-10-38-27)11-9-29(33)47-28-8-3-22(16-23(28)17-37)30-39-21-40-32(41-30)34-24-4-6-25(7-5-24)42-12-14-43(15-13-42)26-18-46-19-26/h1-8,10,16,21,26,29,34,38H,9,11-15,18-20H2. The Morgan fingerprint density at radius 3 is 2.55 bits per heavy atom. The van der Waals surface area contributed by atoms with E-state index in [0.29, 0.717) is 22.0 Å². The van der Waals surface area contributed by atoms with Gasteiger partial charge in [-0.05, 0) is 12.1 Å². The number of rotatable bonds is 8. The summed E-state index contributed by atoms with van der Waals surface area (Å²) in [6.07, 6.45) is 1.46. The molecule has 2 atom stereocenters. The molecule has 0 spiro atoms. The number of hydrogen-bond donors (Lipinski definition) is 1. The van der Waals surface area contributed by atoms with Crippen molar-refractivity contribution in [2.75, 3.05) is 57.4 Å². The fourth-order valence-electron chi connectivity index (χ4n) is 6.04. The molecule has 0 radical (unpaired) electrons. The summed E-state index contributed by atoms with van der Waals surface area (Å²) in [6.45, 7) is 5.09. The van der Waals surface area contributed by atoms with E-state index >= 15 is 8.78 Å². The van der Waals surface area contributed by atoms with Crippen molar-refractivity contribution in [1.29, 1.82) is 5.26 Å². The number of halogens is 2. The minimum absolute atomic E-state index is 0.0475. The van der Waals surface area contributed by atoms with Gasteiger partial charge in [-0.25, -0.2) is 0 Å². The molecule has 3 aliphatic heterocycles. The Hall–Kier alpha value is -4.37. The van der Waals surface area contributed by atoms with Crippen LogP contribution in [0.2, 0.25) is 0 Å². The summed E-state index contributed by atoms with van der Waals surface area (Å²) < 4.78 is 43.2. The first-order chi connectivity index (χ1) is 22.9. The molecular formula is C33H33AsF2N8O3. The number of nitrogens with one attached hydrogen (secondary N) is 1. The molecule has 2 unspecified atom stereocenters. The number of piperazine rings is 1. The van der Waals surface area contributed by atoms with Crippen LogP contribution in [0, 0.1) is 11.3 Å². The fourth-order valence-corrected chi connectivity index (χ4v) is 7.88. The Labute approximate surface area is 277 Å². The second-order valence-corrected chi connectivity index (χ2v) is 14.5. The van der Waals surface area contributed by atoms with Crippen LogP contribution in [0.3, 0.4) is 0 Å². The van der Waals surface area contributed by atoms with Crippen molar-refractivity contribution in [3.63, 3.8) is 0 Å². The van der Waals surface area contributed by atoms with Crippen LogP contribution < -0.4 is 18.6 Å². The zero-order valence-electron chi connectivity index (χ0n) is 25.5. The summed E-state index contributed by atoms with van der Waals surface area (Å²) in [5, 5.41) is 9.86. The van der Waals surface area contributed by atoms with Crippen molar-refractivity contribution in [3.8, 4) is 23.2 Å². The first kappa shape index (κ1) is 31.2. The number of alkyl halides is 2. The summed E-state index contributed by atoms with van der Waals surface area (Å²) in [4.78, 5) is 34.8. The second kappa shape index (κ2) is 13.4. The summed E-state index contributed by atoms with van der Waals surface area (Å²) in [5.41, 5.74) is 2.12. The van der Waals surface area contributed by atoms with E-state index in [2.05, 4.69) is 60.1 Å². The van der Waals surface area contributed by atoms with Crippen LogP contribution in [0.4, 0.5) is 14.5 Å². The van der Waals surface area contributed by atoms with Gasteiger partial charge in [-0.15, -0.1) is 0 Å². The van der Waals surface area contributed by atoms with E-state index in [0.717, 1.165) is 44.3 Å². The zero-order chi connectivity index (χ0) is 32.4. The number of anilines is 1. The predicted molar refractivity (Wildman–Crippen MR) is 172 cm³/mol. The number of likely N-dealkylation sites (tertiary alicyclic amines) is 1. The number of ether oxygens (including phenoxy) is 2. The Morgan fingerprint density at radius 2 is 1.87 bits per heavy atom. The number of nitriles is 1. The molecule has 0 bridgehead atoms. The van der Waals surface area contributed by atoms with Gasteiger partial charge in [-0.3, -0.25) is 4.79 Å². The first-order valence-corrected chi connectivity index (χ1v) is 17.6. The number of nitrogens with zero attached hydrogens (tertiary/aromatic N) is 7. The number of carbonyl (C=O) groups excluding carboxylic acids is 1. The molecule has 0 aliphatic carbocycles. The Morgan fingerprint density at radius 1 is 1.06 bits per heavy atom. The van der Waals surface area contributed by atoms with Gasteiger partial charge in [0.1, 0.15) is 5.69 Å². The number of amides is 1. The molecule has 11 nitrogen and oxygen atoms in total. The monoisotopic (exact) mass is 702 g/mol. The number of aromatic nitrogens is 4. The normalized spacial score (nSPS) is 20.2. The maximum absolute atomic E-state index is 15.1. The van der Waals surface area contributed by atoms with Crippen molar-refractivity contribution in [2.24, 2.45) is 0 Å². The fraction of sp³-hybridized carbons (Fsp3) is 0.364. The Kier molecular flexibility index (Phi) is 8.90. The van der Waals surface area contributed by atoms with Crippen LogP contribution in [0.5, 0.6) is 5.75 Å². The van der Waals surface area contributed by atoms with Crippen LogP contribution in [-0.4, -0.2) is 122 Å². The third-order valence-electron chi connectivity index (χ3n) is 8.79. The van der Waals surface area contributed by atoms with Gasteiger partial charge in [0.25, 0.3) is 5.91 Å². The van der Waals surface area contributed by atoms with E-state index < -0.39 is 40.2 Å². The zero-order valence-corrected chi connectivity index (χ0v) is 27.6. The molecule has 5 heterocycles.